The van der Waals surface area contributed by atoms with Crippen molar-refractivity contribution in [1.29, 1.82) is 0 Å². The van der Waals surface area contributed by atoms with Gasteiger partial charge >= 0.3 is 6.03 Å². The number of primary amides is 1. The number of hydrogen-bond donors (Lipinski definition) is 2. The van der Waals surface area contributed by atoms with Gasteiger partial charge in [-0.15, -0.1) is 0 Å². The number of nitrogens with one attached hydrogen (secondary N) is 1. The van der Waals surface area contributed by atoms with Crippen LogP contribution in [0.2, 0.25) is 0 Å². The minimum Gasteiger partial charge on any atom is -0.501 e. The van der Waals surface area contributed by atoms with Crippen LogP contribution >= 0.6 is 22.6 Å². The Hall–Kier alpha value is -0.790. The van der Waals surface area contributed by atoms with Crippen LogP contribution in [0.5, 0.6) is 0 Å². The first-order valence-electron chi connectivity index (χ1n) is 3.61. The molecular weight excluding hydrogens is 287 g/mol. The molecule has 0 aliphatic rings. The SMILES string of the molecule is NC(=O)NC(=O)/C=C/OCCCI. The maximum Gasteiger partial charge on any atom is 0.319 e. The smallest absolute Gasteiger partial charge is 0.319 e. The molecule has 0 heterocycles. The topological polar surface area (TPSA) is 81.4 Å². The highest BCUT2D eigenvalue weighted by atomic mass is 127. The molecule has 0 aliphatic heterocycles. The fourth-order valence-electron chi connectivity index (χ4n) is 0.479. The number of carbonyl (C=O) groups is 2. The van der Waals surface area contributed by atoms with E-state index in [0.29, 0.717) is 6.61 Å². The van der Waals surface area contributed by atoms with Crippen molar-refractivity contribution in [2.45, 2.75) is 6.42 Å². The molecule has 0 fully saturated rings. The zero-order valence-corrected chi connectivity index (χ0v) is 9.11. The first kappa shape index (κ1) is 12.2. The summed E-state index contributed by atoms with van der Waals surface area (Å²) >= 11 is 2.22. The second-order valence-corrected chi connectivity index (χ2v) is 3.15. The quantitative estimate of drug-likeness (QED) is 0.255. The van der Waals surface area contributed by atoms with Crippen LogP contribution in [-0.4, -0.2) is 23.0 Å². The fourth-order valence-corrected chi connectivity index (χ4v) is 0.790. The number of halogens is 1. The molecule has 0 rings (SSSR count). The summed E-state index contributed by atoms with van der Waals surface area (Å²) in [5.74, 6) is -0.582. The Balaban J connectivity index is 3.48. The van der Waals surface area contributed by atoms with Gasteiger partial charge in [-0.1, -0.05) is 22.6 Å². The average Bonchev–Trinajstić information content (AvgIpc) is 2.02. The molecule has 0 atom stereocenters. The van der Waals surface area contributed by atoms with E-state index in [1.165, 1.54) is 6.26 Å². The normalized spacial score (nSPS) is 9.92. The van der Waals surface area contributed by atoms with Crippen LogP contribution in [-0.2, 0) is 9.53 Å². The van der Waals surface area contributed by atoms with Gasteiger partial charge in [0.1, 0.15) is 0 Å². The van der Waals surface area contributed by atoms with Crippen LogP contribution in [0.25, 0.3) is 0 Å². The van der Waals surface area contributed by atoms with Crippen LogP contribution < -0.4 is 11.1 Å². The third kappa shape index (κ3) is 9.12. The molecule has 0 aromatic rings. The number of alkyl halides is 1. The molecular formula is C7H11IN2O3. The molecule has 0 saturated heterocycles. The van der Waals surface area contributed by atoms with Crippen LogP contribution in [0.15, 0.2) is 12.3 Å². The monoisotopic (exact) mass is 298 g/mol. The van der Waals surface area contributed by atoms with Gasteiger partial charge in [0.25, 0.3) is 5.91 Å². The minimum absolute atomic E-state index is 0.559. The van der Waals surface area contributed by atoms with Crippen molar-refractivity contribution in [3.05, 3.63) is 12.3 Å². The zero-order chi connectivity index (χ0) is 10.1. The molecule has 0 bridgehead atoms. The van der Waals surface area contributed by atoms with E-state index in [0.717, 1.165) is 16.9 Å². The van der Waals surface area contributed by atoms with Gasteiger partial charge in [0.05, 0.1) is 12.9 Å². The van der Waals surface area contributed by atoms with Crippen molar-refractivity contribution in [2.24, 2.45) is 5.73 Å². The number of rotatable bonds is 5. The van der Waals surface area contributed by atoms with Gasteiger partial charge in [-0.05, 0) is 6.42 Å². The second kappa shape index (κ2) is 7.84. The summed E-state index contributed by atoms with van der Waals surface area (Å²) in [6, 6.07) is -0.873. The standard InChI is InChI=1S/C7H11IN2O3/c8-3-1-4-13-5-2-6(11)10-7(9)12/h2,5H,1,3-4H2,(H3,9,10,11,12)/b5-2+. The average molecular weight is 298 g/mol. The maximum absolute atomic E-state index is 10.7. The van der Waals surface area contributed by atoms with Gasteiger partial charge in [-0.3, -0.25) is 10.1 Å². The first-order chi connectivity index (χ1) is 6.16. The number of imide groups is 1. The summed E-state index contributed by atoms with van der Waals surface area (Å²) in [7, 11) is 0. The number of amides is 3. The van der Waals surface area contributed by atoms with Crippen LogP contribution in [0.3, 0.4) is 0 Å². The van der Waals surface area contributed by atoms with Gasteiger partial charge in [0, 0.05) is 10.5 Å². The van der Waals surface area contributed by atoms with Crippen molar-refractivity contribution in [2.75, 3.05) is 11.0 Å². The van der Waals surface area contributed by atoms with Crippen molar-refractivity contribution in [3.63, 3.8) is 0 Å². The molecule has 0 spiro atoms. The number of carbonyl (C=O) groups excluding carboxylic acids is 2. The predicted molar refractivity (Wildman–Crippen MR) is 56.3 cm³/mol. The number of ether oxygens (including phenoxy) is 1. The highest BCUT2D eigenvalue weighted by Gasteiger charge is 1.97. The Kier molecular flexibility index (Phi) is 7.36. The summed E-state index contributed by atoms with van der Waals surface area (Å²) in [6.45, 7) is 0.559. The highest BCUT2D eigenvalue weighted by Crippen LogP contribution is 1.89. The minimum atomic E-state index is -0.873. The summed E-state index contributed by atoms with van der Waals surface area (Å²) in [5, 5.41) is 1.87. The van der Waals surface area contributed by atoms with E-state index in [1.54, 1.807) is 0 Å². The maximum atomic E-state index is 10.7. The first-order valence-corrected chi connectivity index (χ1v) is 5.14. The molecule has 3 N–H and O–H groups in total. The third-order valence-electron chi connectivity index (χ3n) is 0.958. The van der Waals surface area contributed by atoms with Gasteiger partial charge < -0.3 is 10.5 Å². The number of nitrogens with two attached hydrogens (primary N) is 1. The summed E-state index contributed by atoms with van der Waals surface area (Å²) in [4.78, 5) is 20.9. The molecule has 0 unspecified atom stereocenters. The van der Waals surface area contributed by atoms with Crippen molar-refractivity contribution in [3.8, 4) is 0 Å². The predicted octanol–water partition coefficient (Wildman–Crippen LogP) is 0.537. The lowest BCUT2D eigenvalue weighted by Crippen LogP contribution is -2.33. The van der Waals surface area contributed by atoms with Crippen molar-refractivity contribution in [1.82, 2.24) is 5.32 Å². The largest absolute Gasteiger partial charge is 0.501 e. The Bertz CT molecular complexity index is 206. The van der Waals surface area contributed by atoms with Crippen LogP contribution in [0.1, 0.15) is 6.42 Å². The fraction of sp³-hybridized carbons (Fsp3) is 0.429. The second-order valence-electron chi connectivity index (χ2n) is 2.07. The molecule has 6 heteroatoms. The molecule has 0 aliphatic carbocycles. The summed E-state index contributed by atoms with van der Waals surface area (Å²) < 4.78 is 5.93. The van der Waals surface area contributed by atoms with Gasteiger partial charge in [0.15, 0.2) is 0 Å². The van der Waals surface area contributed by atoms with Crippen molar-refractivity contribution < 1.29 is 14.3 Å². The molecule has 0 aromatic heterocycles. The Morgan fingerprint density at radius 1 is 1.54 bits per heavy atom. The Labute approximate surface area is 89.8 Å². The van der Waals surface area contributed by atoms with Gasteiger partial charge in [-0.2, -0.15) is 0 Å². The van der Waals surface area contributed by atoms with Gasteiger partial charge in [0.2, 0.25) is 0 Å². The van der Waals surface area contributed by atoms with E-state index in [9.17, 15) is 9.59 Å². The Morgan fingerprint density at radius 3 is 2.77 bits per heavy atom. The van der Waals surface area contributed by atoms with E-state index in [2.05, 4.69) is 22.6 Å². The van der Waals surface area contributed by atoms with Crippen LogP contribution in [0, 0.1) is 0 Å². The molecule has 0 saturated carbocycles. The zero-order valence-electron chi connectivity index (χ0n) is 6.96. The molecule has 74 valence electrons. The Morgan fingerprint density at radius 2 is 2.23 bits per heavy atom. The third-order valence-corrected chi connectivity index (χ3v) is 1.72. The number of urea groups is 1. The van der Waals surface area contributed by atoms with Crippen LogP contribution in [0.4, 0.5) is 4.79 Å². The van der Waals surface area contributed by atoms with Crippen molar-refractivity contribution >= 4 is 34.5 Å². The highest BCUT2D eigenvalue weighted by molar-refractivity contribution is 14.1. The molecule has 5 nitrogen and oxygen atoms in total. The van der Waals surface area contributed by atoms with E-state index in [4.69, 9.17) is 10.5 Å². The molecule has 0 radical (unpaired) electrons. The summed E-state index contributed by atoms with van der Waals surface area (Å²) in [5.41, 5.74) is 4.70. The van der Waals surface area contributed by atoms with E-state index < -0.39 is 11.9 Å². The van der Waals surface area contributed by atoms with E-state index >= 15 is 0 Å². The van der Waals surface area contributed by atoms with E-state index in [-0.39, 0.29) is 0 Å². The molecule has 0 aromatic carbocycles. The molecule has 13 heavy (non-hydrogen) atoms. The van der Waals surface area contributed by atoms with E-state index in [1.807, 2.05) is 5.32 Å². The van der Waals surface area contributed by atoms with Gasteiger partial charge in [-0.25, -0.2) is 4.79 Å². The number of hydrogen-bond acceptors (Lipinski definition) is 3. The molecule has 3 amide bonds. The summed E-state index contributed by atoms with van der Waals surface area (Å²) in [6.07, 6.45) is 3.27. The lowest BCUT2D eigenvalue weighted by Gasteiger charge is -1.97. The lowest BCUT2D eigenvalue weighted by atomic mass is 10.5. The lowest BCUT2D eigenvalue weighted by molar-refractivity contribution is -0.115.